The largest absolute Gasteiger partial charge is 0.355 e. The Balaban J connectivity index is 1.42. The summed E-state index contributed by atoms with van der Waals surface area (Å²) in [5.41, 5.74) is 0.313. The number of carbonyl (C=O) groups is 1. The number of amides is 1. The Morgan fingerprint density at radius 2 is 2.00 bits per heavy atom. The molecule has 3 aliphatic heterocycles. The number of likely N-dealkylation sites (N-methyl/N-ethyl adjacent to an activating group) is 1. The number of nitrogens with zero attached hydrogens (tertiary/aromatic N) is 5. The van der Waals surface area contributed by atoms with Gasteiger partial charge in [-0.2, -0.15) is 0 Å². The molecule has 130 valence electrons. The molecule has 0 N–H and O–H groups in total. The van der Waals surface area contributed by atoms with Gasteiger partial charge in [0.1, 0.15) is 5.82 Å². The van der Waals surface area contributed by atoms with Gasteiger partial charge >= 0.3 is 0 Å². The smallest absolute Gasteiger partial charge is 0.222 e. The number of aromatic nitrogens is 2. The van der Waals surface area contributed by atoms with Crippen LogP contribution in [0.4, 0.5) is 5.82 Å². The van der Waals surface area contributed by atoms with E-state index in [1.54, 1.807) is 12.4 Å². The summed E-state index contributed by atoms with van der Waals surface area (Å²) in [6.07, 6.45) is 10.5. The van der Waals surface area contributed by atoms with Gasteiger partial charge in [0, 0.05) is 51.0 Å². The first-order valence-electron chi connectivity index (χ1n) is 9.14. The molecular formula is C18H27N5O. The number of piperidine rings is 2. The van der Waals surface area contributed by atoms with Gasteiger partial charge in [-0.15, -0.1) is 0 Å². The van der Waals surface area contributed by atoms with E-state index in [-0.39, 0.29) is 0 Å². The van der Waals surface area contributed by atoms with Crippen LogP contribution in [-0.4, -0.2) is 71.5 Å². The van der Waals surface area contributed by atoms with Crippen molar-refractivity contribution >= 4 is 11.7 Å². The molecule has 0 aliphatic carbocycles. The molecule has 0 bridgehead atoms. The van der Waals surface area contributed by atoms with Gasteiger partial charge < -0.3 is 14.7 Å². The van der Waals surface area contributed by atoms with E-state index in [2.05, 4.69) is 31.7 Å². The van der Waals surface area contributed by atoms with Crippen LogP contribution in [0.1, 0.15) is 32.1 Å². The molecule has 0 aromatic carbocycles. The first-order chi connectivity index (χ1) is 11.7. The maximum absolute atomic E-state index is 12.5. The third-order valence-electron chi connectivity index (χ3n) is 6.20. The topological polar surface area (TPSA) is 52.6 Å². The summed E-state index contributed by atoms with van der Waals surface area (Å²) >= 11 is 0. The average molecular weight is 329 g/mol. The Hall–Kier alpha value is -1.69. The third-order valence-corrected chi connectivity index (χ3v) is 6.20. The second kappa shape index (κ2) is 6.31. The molecular weight excluding hydrogens is 302 g/mol. The maximum atomic E-state index is 12.5. The number of anilines is 1. The van der Waals surface area contributed by atoms with Gasteiger partial charge in [-0.3, -0.25) is 9.78 Å². The molecule has 4 rings (SSSR count). The molecule has 1 spiro atoms. The van der Waals surface area contributed by atoms with E-state index in [0.29, 0.717) is 17.4 Å². The quantitative estimate of drug-likeness (QED) is 0.821. The molecule has 3 fully saturated rings. The van der Waals surface area contributed by atoms with Crippen molar-refractivity contribution in [3.8, 4) is 0 Å². The van der Waals surface area contributed by atoms with Gasteiger partial charge in [0.05, 0.1) is 6.20 Å². The zero-order valence-electron chi connectivity index (χ0n) is 14.5. The van der Waals surface area contributed by atoms with Crippen LogP contribution in [0.3, 0.4) is 0 Å². The van der Waals surface area contributed by atoms with Crippen LogP contribution >= 0.6 is 0 Å². The van der Waals surface area contributed by atoms with Crippen molar-refractivity contribution in [3.05, 3.63) is 18.6 Å². The second-order valence-electron chi connectivity index (χ2n) is 7.78. The van der Waals surface area contributed by atoms with Crippen LogP contribution in [0.2, 0.25) is 0 Å². The molecule has 1 atom stereocenters. The van der Waals surface area contributed by atoms with E-state index < -0.39 is 0 Å². The van der Waals surface area contributed by atoms with Crippen molar-refractivity contribution in [2.75, 3.05) is 44.7 Å². The summed E-state index contributed by atoms with van der Waals surface area (Å²) in [5, 5.41) is 0. The van der Waals surface area contributed by atoms with Gasteiger partial charge in [0.15, 0.2) is 0 Å². The summed E-state index contributed by atoms with van der Waals surface area (Å²) < 4.78 is 0. The fourth-order valence-electron chi connectivity index (χ4n) is 4.62. The maximum Gasteiger partial charge on any atom is 0.222 e. The number of hydrogen-bond acceptors (Lipinski definition) is 5. The molecule has 6 heteroatoms. The van der Waals surface area contributed by atoms with Crippen molar-refractivity contribution < 1.29 is 4.79 Å². The molecule has 3 saturated heterocycles. The van der Waals surface area contributed by atoms with Crippen LogP contribution in [-0.2, 0) is 4.79 Å². The highest BCUT2D eigenvalue weighted by molar-refractivity contribution is 5.77. The zero-order valence-corrected chi connectivity index (χ0v) is 14.5. The molecule has 6 nitrogen and oxygen atoms in total. The van der Waals surface area contributed by atoms with Crippen LogP contribution in [0.25, 0.3) is 0 Å². The highest BCUT2D eigenvalue weighted by Crippen LogP contribution is 2.42. The molecule has 4 heterocycles. The standard InChI is InChI=1S/C18H27N5O/c1-21-9-3-15(13-21)23-14-18(4-2-17(23)24)5-10-22(11-6-18)16-12-19-7-8-20-16/h7-8,12,15H,2-6,9-11,13-14H2,1H3. The Kier molecular flexibility index (Phi) is 4.16. The van der Waals surface area contributed by atoms with Crippen molar-refractivity contribution in [1.29, 1.82) is 0 Å². The molecule has 1 aromatic heterocycles. The van der Waals surface area contributed by atoms with Crippen LogP contribution < -0.4 is 4.90 Å². The molecule has 1 aromatic rings. The van der Waals surface area contributed by atoms with Crippen molar-refractivity contribution in [2.24, 2.45) is 5.41 Å². The molecule has 1 amide bonds. The summed E-state index contributed by atoms with van der Waals surface area (Å²) in [4.78, 5) is 28.0. The van der Waals surface area contributed by atoms with Crippen molar-refractivity contribution in [1.82, 2.24) is 19.8 Å². The Morgan fingerprint density at radius 1 is 1.17 bits per heavy atom. The first kappa shape index (κ1) is 15.8. The number of likely N-dealkylation sites (tertiary alicyclic amines) is 2. The lowest BCUT2D eigenvalue weighted by atomic mass is 9.72. The lowest BCUT2D eigenvalue weighted by Gasteiger charge is -2.49. The minimum absolute atomic E-state index is 0.313. The van der Waals surface area contributed by atoms with E-state index >= 15 is 0 Å². The highest BCUT2D eigenvalue weighted by atomic mass is 16.2. The van der Waals surface area contributed by atoms with E-state index in [4.69, 9.17) is 0 Å². The average Bonchev–Trinajstić information content (AvgIpc) is 3.05. The Labute approximate surface area is 143 Å². The minimum atomic E-state index is 0.313. The van der Waals surface area contributed by atoms with Crippen LogP contribution in [0, 0.1) is 5.41 Å². The normalized spacial score (nSPS) is 27.9. The highest BCUT2D eigenvalue weighted by Gasteiger charge is 2.43. The summed E-state index contributed by atoms with van der Waals surface area (Å²) in [5.74, 6) is 1.35. The van der Waals surface area contributed by atoms with Crippen molar-refractivity contribution in [2.45, 2.75) is 38.1 Å². The lowest BCUT2D eigenvalue weighted by Crippen LogP contribution is -2.55. The van der Waals surface area contributed by atoms with Gasteiger partial charge in [-0.05, 0) is 44.7 Å². The third kappa shape index (κ3) is 2.99. The predicted octanol–water partition coefficient (Wildman–Crippen LogP) is 1.39. The summed E-state index contributed by atoms with van der Waals surface area (Å²) in [7, 11) is 2.16. The van der Waals surface area contributed by atoms with Crippen LogP contribution in [0.15, 0.2) is 18.6 Å². The van der Waals surface area contributed by atoms with E-state index in [1.165, 1.54) is 0 Å². The number of hydrogen-bond donors (Lipinski definition) is 0. The first-order valence-corrected chi connectivity index (χ1v) is 9.14. The fourth-order valence-corrected chi connectivity index (χ4v) is 4.62. The van der Waals surface area contributed by atoms with Gasteiger partial charge in [-0.25, -0.2) is 4.98 Å². The number of rotatable bonds is 2. The molecule has 0 saturated carbocycles. The lowest BCUT2D eigenvalue weighted by molar-refractivity contribution is -0.141. The van der Waals surface area contributed by atoms with E-state index in [1.807, 2.05) is 6.20 Å². The van der Waals surface area contributed by atoms with Crippen molar-refractivity contribution in [3.63, 3.8) is 0 Å². The Bertz CT molecular complexity index is 584. The van der Waals surface area contributed by atoms with E-state index in [0.717, 1.165) is 70.6 Å². The molecule has 3 aliphatic rings. The second-order valence-corrected chi connectivity index (χ2v) is 7.78. The summed E-state index contributed by atoms with van der Waals surface area (Å²) in [6.45, 7) is 5.14. The zero-order chi connectivity index (χ0) is 16.6. The summed E-state index contributed by atoms with van der Waals surface area (Å²) in [6, 6.07) is 0.428. The van der Waals surface area contributed by atoms with Gasteiger partial charge in [-0.1, -0.05) is 0 Å². The van der Waals surface area contributed by atoms with E-state index in [9.17, 15) is 4.79 Å². The minimum Gasteiger partial charge on any atom is -0.355 e. The molecule has 24 heavy (non-hydrogen) atoms. The number of carbonyl (C=O) groups excluding carboxylic acids is 1. The predicted molar refractivity (Wildman–Crippen MR) is 92.8 cm³/mol. The fraction of sp³-hybridized carbons (Fsp3) is 0.722. The molecule has 1 unspecified atom stereocenters. The monoisotopic (exact) mass is 329 g/mol. The van der Waals surface area contributed by atoms with Gasteiger partial charge in [0.25, 0.3) is 0 Å². The van der Waals surface area contributed by atoms with Crippen LogP contribution in [0.5, 0.6) is 0 Å². The molecule has 0 radical (unpaired) electrons. The van der Waals surface area contributed by atoms with Gasteiger partial charge in [0.2, 0.25) is 5.91 Å². The Morgan fingerprint density at radius 3 is 2.67 bits per heavy atom. The SMILES string of the molecule is CN1CCC(N2CC3(CCC2=O)CCN(c2cnccn2)CC3)C1.